The number of thiazole rings is 1. The van der Waals surface area contributed by atoms with Crippen LogP contribution in [0, 0.1) is 5.92 Å². The molecule has 0 saturated carbocycles. The first kappa shape index (κ1) is 16.4. The van der Waals surface area contributed by atoms with Gasteiger partial charge in [0.1, 0.15) is 0 Å². The predicted octanol–water partition coefficient (Wildman–Crippen LogP) is 1.52. The van der Waals surface area contributed by atoms with E-state index in [1.54, 1.807) is 16.8 Å². The number of hydrogen-bond donors (Lipinski definition) is 0. The number of ether oxygens (including phenoxy) is 1. The zero-order valence-corrected chi connectivity index (χ0v) is 14.3. The third kappa shape index (κ3) is 3.72. The van der Waals surface area contributed by atoms with E-state index < -0.39 is 0 Å². The van der Waals surface area contributed by atoms with Crippen molar-refractivity contribution in [3.05, 3.63) is 16.6 Å². The van der Waals surface area contributed by atoms with Crippen molar-refractivity contribution < 1.29 is 14.3 Å². The molecule has 1 aromatic heterocycles. The molecule has 0 unspecified atom stereocenters. The number of nitrogens with zero attached hydrogens (tertiary/aromatic N) is 3. The smallest absolute Gasteiger partial charge is 0.228 e. The van der Waals surface area contributed by atoms with Gasteiger partial charge in [0.15, 0.2) is 0 Å². The average molecular weight is 337 g/mol. The fraction of sp³-hybridized carbons (Fsp3) is 0.688. The summed E-state index contributed by atoms with van der Waals surface area (Å²) in [7, 11) is 0. The van der Waals surface area contributed by atoms with Gasteiger partial charge in [-0.15, -0.1) is 11.3 Å². The number of fused-ring (bicyclic) bond motifs is 4. The number of rotatable bonds is 6. The highest BCUT2D eigenvalue weighted by atomic mass is 32.1. The number of aromatic nitrogens is 1. The molecule has 126 valence electrons. The van der Waals surface area contributed by atoms with Gasteiger partial charge in [-0.3, -0.25) is 9.59 Å². The first-order chi connectivity index (χ1) is 11.2. The zero-order valence-electron chi connectivity index (χ0n) is 13.4. The van der Waals surface area contributed by atoms with Crippen molar-refractivity contribution in [2.24, 2.45) is 5.92 Å². The quantitative estimate of drug-likeness (QED) is 0.739. The van der Waals surface area contributed by atoms with Crippen molar-refractivity contribution in [1.29, 1.82) is 0 Å². The van der Waals surface area contributed by atoms with Gasteiger partial charge in [0, 0.05) is 31.1 Å². The maximum atomic E-state index is 12.7. The Morgan fingerprint density at radius 2 is 2.30 bits per heavy atom. The third-order valence-electron chi connectivity index (χ3n) is 4.63. The number of piperidine rings is 1. The first-order valence-electron chi connectivity index (χ1n) is 8.22. The molecule has 1 aromatic rings. The molecule has 2 bridgehead atoms. The average Bonchev–Trinajstić information content (AvgIpc) is 2.91. The van der Waals surface area contributed by atoms with Gasteiger partial charge >= 0.3 is 0 Å². The molecule has 2 atom stereocenters. The Balaban J connectivity index is 1.66. The van der Waals surface area contributed by atoms with Crippen LogP contribution in [0.4, 0.5) is 0 Å². The first-order valence-corrected chi connectivity index (χ1v) is 9.16. The Labute approximate surface area is 140 Å². The van der Waals surface area contributed by atoms with Crippen LogP contribution in [0.25, 0.3) is 0 Å². The second-order valence-electron chi connectivity index (χ2n) is 6.12. The Hall–Kier alpha value is -1.47. The topological polar surface area (TPSA) is 62.7 Å². The molecule has 3 fully saturated rings. The van der Waals surface area contributed by atoms with Crippen molar-refractivity contribution in [2.45, 2.75) is 38.8 Å². The van der Waals surface area contributed by atoms with Gasteiger partial charge in [0.05, 0.1) is 36.7 Å². The molecule has 6 nitrogen and oxygen atoms in total. The molecule has 23 heavy (non-hydrogen) atoms. The van der Waals surface area contributed by atoms with Gasteiger partial charge in [0.2, 0.25) is 11.8 Å². The SMILES string of the molecule is CCOCCC(=O)N1C[C@H]2CC[C@@H](C1)N(Cc1cscn1)C2=O. The molecule has 4 heterocycles. The summed E-state index contributed by atoms with van der Waals surface area (Å²) in [6.45, 7) is 4.75. The molecule has 0 N–H and O–H groups in total. The monoisotopic (exact) mass is 337 g/mol. The lowest BCUT2D eigenvalue weighted by Crippen LogP contribution is -2.47. The van der Waals surface area contributed by atoms with E-state index in [0.717, 1.165) is 18.5 Å². The summed E-state index contributed by atoms with van der Waals surface area (Å²) in [4.78, 5) is 33.2. The van der Waals surface area contributed by atoms with Crippen molar-refractivity contribution in [1.82, 2.24) is 14.8 Å². The summed E-state index contributed by atoms with van der Waals surface area (Å²) in [6.07, 6.45) is 2.25. The van der Waals surface area contributed by atoms with Crippen LogP contribution >= 0.6 is 11.3 Å². The van der Waals surface area contributed by atoms with Crippen LogP contribution in [0.3, 0.4) is 0 Å². The number of hydrogen-bond acceptors (Lipinski definition) is 5. The van der Waals surface area contributed by atoms with Crippen molar-refractivity contribution >= 4 is 23.2 Å². The minimum absolute atomic E-state index is 0.0663. The summed E-state index contributed by atoms with van der Waals surface area (Å²) in [5.74, 6) is 0.205. The summed E-state index contributed by atoms with van der Waals surface area (Å²) >= 11 is 1.54. The molecule has 3 saturated heterocycles. The molecule has 7 heteroatoms. The third-order valence-corrected chi connectivity index (χ3v) is 5.26. The molecule has 2 amide bonds. The Bertz CT molecular complexity index is 549. The van der Waals surface area contributed by atoms with Gasteiger partial charge in [-0.25, -0.2) is 4.98 Å². The van der Waals surface area contributed by atoms with Crippen LogP contribution in [0.15, 0.2) is 10.9 Å². The molecule has 0 aliphatic carbocycles. The maximum absolute atomic E-state index is 12.7. The van der Waals surface area contributed by atoms with E-state index >= 15 is 0 Å². The highest BCUT2D eigenvalue weighted by Crippen LogP contribution is 2.30. The molecule has 0 aromatic carbocycles. The minimum Gasteiger partial charge on any atom is -0.381 e. The molecular formula is C16H23N3O3S. The van der Waals surface area contributed by atoms with Gasteiger partial charge in [-0.05, 0) is 19.8 Å². The molecule has 0 radical (unpaired) electrons. The second-order valence-corrected chi connectivity index (χ2v) is 6.84. The zero-order chi connectivity index (χ0) is 16.2. The normalized spacial score (nSPS) is 24.1. The summed E-state index contributed by atoms with van der Waals surface area (Å²) in [5, 5.41) is 1.98. The van der Waals surface area contributed by atoms with Crippen LogP contribution in [-0.2, 0) is 20.9 Å². The van der Waals surface area contributed by atoms with E-state index in [1.165, 1.54) is 0 Å². The summed E-state index contributed by atoms with van der Waals surface area (Å²) in [6, 6.07) is 0.110. The van der Waals surface area contributed by atoms with E-state index in [9.17, 15) is 9.59 Å². The largest absolute Gasteiger partial charge is 0.381 e. The molecule has 3 aliphatic heterocycles. The number of amides is 2. The molecule has 3 aliphatic rings. The summed E-state index contributed by atoms with van der Waals surface area (Å²) < 4.78 is 5.28. The van der Waals surface area contributed by atoms with Crippen LogP contribution in [0.2, 0.25) is 0 Å². The van der Waals surface area contributed by atoms with Crippen molar-refractivity contribution in [3.63, 3.8) is 0 Å². The second kappa shape index (κ2) is 7.40. The molecule has 4 rings (SSSR count). The highest BCUT2D eigenvalue weighted by molar-refractivity contribution is 7.07. The van der Waals surface area contributed by atoms with Crippen LogP contribution in [0.5, 0.6) is 0 Å². The van der Waals surface area contributed by atoms with E-state index in [2.05, 4.69) is 4.98 Å². The Morgan fingerprint density at radius 3 is 3.04 bits per heavy atom. The summed E-state index contributed by atoms with van der Waals surface area (Å²) in [5.41, 5.74) is 2.73. The van der Waals surface area contributed by atoms with Crippen LogP contribution in [-0.4, -0.2) is 58.9 Å². The van der Waals surface area contributed by atoms with Crippen LogP contribution in [0.1, 0.15) is 31.9 Å². The van der Waals surface area contributed by atoms with Crippen molar-refractivity contribution in [2.75, 3.05) is 26.3 Å². The number of carbonyl (C=O) groups is 2. The highest BCUT2D eigenvalue weighted by Gasteiger charge is 2.41. The van der Waals surface area contributed by atoms with Crippen LogP contribution < -0.4 is 0 Å². The maximum Gasteiger partial charge on any atom is 0.228 e. The fourth-order valence-corrected chi connectivity index (χ4v) is 3.95. The van der Waals surface area contributed by atoms with Gasteiger partial charge in [-0.2, -0.15) is 0 Å². The van der Waals surface area contributed by atoms with E-state index in [0.29, 0.717) is 39.3 Å². The lowest BCUT2D eigenvalue weighted by atomic mass is 9.94. The van der Waals surface area contributed by atoms with E-state index in [-0.39, 0.29) is 23.8 Å². The Kier molecular flexibility index (Phi) is 5.27. The lowest BCUT2D eigenvalue weighted by molar-refractivity contribution is -0.140. The standard InChI is InChI=1S/C16H23N3O3S/c1-2-22-6-5-15(20)18-7-12-3-4-14(9-18)19(16(12)21)8-13-10-23-11-17-13/h10-12,14H,2-9H2,1H3/t12-,14+/m1/s1. The molecule has 0 spiro atoms. The minimum atomic E-state index is -0.0663. The van der Waals surface area contributed by atoms with E-state index in [1.807, 2.05) is 22.1 Å². The van der Waals surface area contributed by atoms with Gasteiger partial charge < -0.3 is 14.5 Å². The lowest BCUT2D eigenvalue weighted by Gasteiger charge is -2.35. The predicted molar refractivity (Wildman–Crippen MR) is 86.9 cm³/mol. The number of carbonyl (C=O) groups excluding carboxylic acids is 2. The Morgan fingerprint density at radius 1 is 1.43 bits per heavy atom. The molecular weight excluding hydrogens is 314 g/mol. The van der Waals surface area contributed by atoms with Crippen molar-refractivity contribution in [3.8, 4) is 0 Å². The van der Waals surface area contributed by atoms with Gasteiger partial charge in [-0.1, -0.05) is 0 Å². The van der Waals surface area contributed by atoms with Gasteiger partial charge in [0.25, 0.3) is 0 Å². The van der Waals surface area contributed by atoms with E-state index in [4.69, 9.17) is 4.74 Å². The fourth-order valence-electron chi connectivity index (χ4n) is 3.40.